The molecule has 0 radical (unpaired) electrons. The number of carbonyl (C=O) groups is 1. The number of halogens is 2. The summed E-state index contributed by atoms with van der Waals surface area (Å²) in [5.74, 6) is -0.573. The molecular weight excluding hydrogens is 291 g/mol. The van der Waals surface area contributed by atoms with Crippen molar-refractivity contribution in [2.45, 2.75) is 6.54 Å². The topological polar surface area (TPSA) is 70.7 Å². The molecule has 88 valence electrons. The Balaban J connectivity index is 2.07. The van der Waals surface area contributed by atoms with E-state index in [1.807, 2.05) is 0 Å². The molecule has 0 aliphatic carbocycles. The second-order valence-corrected chi connectivity index (χ2v) is 4.07. The standard InChI is InChI=1S/C10H8BrFN4O/c11-7-3-1-2-6(9(7)12)10(17)13-4-8-14-5-15-16-8/h1-3,5H,4H2,(H,13,17)(H,14,15,16). The predicted molar refractivity (Wildman–Crippen MR) is 61.7 cm³/mol. The highest BCUT2D eigenvalue weighted by Crippen LogP contribution is 2.18. The van der Waals surface area contributed by atoms with Crippen LogP contribution in [-0.4, -0.2) is 21.1 Å². The number of amides is 1. The largest absolute Gasteiger partial charge is 0.345 e. The van der Waals surface area contributed by atoms with Gasteiger partial charge in [-0.25, -0.2) is 9.37 Å². The number of H-pyrrole nitrogens is 1. The van der Waals surface area contributed by atoms with Crippen molar-refractivity contribution in [3.63, 3.8) is 0 Å². The van der Waals surface area contributed by atoms with Gasteiger partial charge in [0.1, 0.15) is 18.0 Å². The van der Waals surface area contributed by atoms with Crippen molar-refractivity contribution in [1.29, 1.82) is 0 Å². The Bertz CT molecular complexity index is 529. The summed E-state index contributed by atoms with van der Waals surface area (Å²) in [5, 5.41) is 8.76. The molecular formula is C10H8BrFN4O. The summed E-state index contributed by atoms with van der Waals surface area (Å²) >= 11 is 3.02. The lowest BCUT2D eigenvalue weighted by Crippen LogP contribution is -2.24. The van der Waals surface area contributed by atoms with Gasteiger partial charge in [-0.15, -0.1) is 0 Å². The van der Waals surface area contributed by atoms with Crippen LogP contribution in [-0.2, 0) is 6.54 Å². The molecule has 1 aromatic heterocycles. The summed E-state index contributed by atoms with van der Waals surface area (Å²) in [5.41, 5.74) is -0.0149. The molecule has 0 aliphatic rings. The molecule has 1 aromatic carbocycles. The van der Waals surface area contributed by atoms with Gasteiger partial charge in [-0.3, -0.25) is 9.89 Å². The summed E-state index contributed by atoms with van der Waals surface area (Å²) in [7, 11) is 0. The summed E-state index contributed by atoms with van der Waals surface area (Å²) < 4.78 is 13.8. The minimum Gasteiger partial charge on any atom is -0.345 e. The molecule has 0 saturated heterocycles. The zero-order chi connectivity index (χ0) is 12.3. The van der Waals surface area contributed by atoms with E-state index in [0.717, 1.165) is 0 Å². The maximum Gasteiger partial charge on any atom is 0.254 e. The normalized spacial score (nSPS) is 10.2. The molecule has 0 atom stereocenters. The second kappa shape index (κ2) is 5.05. The van der Waals surface area contributed by atoms with Gasteiger partial charge < -0.3 is 5.32 Å². The predicted octanol–water partition coefficient (Wildman–Crippen LogP) is 1.64. The average molecular weight is 299 g/mol. The van der Waals surface area contributed by atoms with E-state index in [1.54, 1.807) is 6.07 Å². The Morgan fingerprint density at radius 1 is 1.53 bits per heavy atom. The molecule has 1 heterocycles. The van der Waals surface area contributed by atoms with Crippen LogP contribution in [0.3, 0.4) is 0 Å². The monoisotopic (exact) mass is 298 g/mol. The first-order valence-electron chi connectivity index (χ1n) is 4.75. The first-order chi connectivity index (χ1) is 8.18. The Kier molecular flexibility index (Phi) is 3.48. The van der Waals surface area contributed by atoms with Crippen LogP contribution in [0.5, 0.6) is 0 Å². The Morgan fingerprint density at radius 3 is 3.06 bits per heavy atom. The third kappa shape index (κ3) is 2.68. The van der Waals surface area contributed by atoms with Crippen molar-refractivity contribution in [3.05, 3.63) is 46.2 Å². The zero-order valence-electron chi connectivity index (χ0n) is 8.58. The molecule has 7 heteroatoms. The van der Waals surface area contributed by atoms with E-state index in [2.05, 4.69) is 36.4 Å². The summed E-state index contributed by atoms with van der Waals surface area (Å²) in [6.07, 6.45) is 1.33. The fraction of sp³-hybridized carbons (Fsp3) is 0.100. The van der Waals surface area contributed by atoms with Gasteiger partial charge in [0, 0.05) is 0 Å². The van der Waals surface area contributed by atoms with Gasteiger partial charge in [-0.1, -0.05) is 6.07 Å². The van der Waals surface area contributed by atoms with Gasteiger partial charge in [0.2, 0.25) is 0 Å². The van der Waals surface area contributed by atoms with Crippen LogP contribution in [0.4, 0.5) is 4.39 Å². The van der Waals surface area contributed by atoms with Crippen molar-refractivity contribution < 1.29 is 9.18 Å². The van der Waals surface area contributed by atoms with Gasteiger partial charge in [0.15, 0.2) is 0 Å². The van der Waals surface area contributed by atoms with Gasteiger partial charge in [-0.2, -0.15) is 5.10 Å². The van der Waals surface area contributed by atoms with Crippen molar-refractivity contribution in [3.8, 4) is 0 Å². The van der Waals surface area contributed by atoms with Crippen molar-refractivity contribution in [2.24, 2.45) is 0 Å². The maximum atomic E-state index is 13.6. The first-order valence-corrected chi connectivity index (χ1v) is 5.54. The molecule has 0 saturated carbocycles. The quantitative estimate of drug-likeness (QED) is 0.905. The fourth-order valence-electron chi connectivity index (χ4n) is 1.25. The lowest BCUT2D eigenvalue weighted by atomic mass is 10.2. The molecule has 5 nitrogen and oxygen atoms in total. The molecule has 2 aromatic rings. The number of aromatic nitrogens is 3. The molecule has 1 amide bonds. The molecule has 17 heavy (non-hydrogen) atoms. The Morgan fingerprint density at radius 2 is 2.35 bits per heavy atom. The van der Waals surface area contributed by atoms with E-state index >= 15 is 0 Å². The van der Waals surface area contributed by atoms with E-state index in [1.165, 1.54) is 18.5 Å². The van der Waals surface area contributed by atoms with E-state index in [-0.39, 0.29) is 16.6 Å². The van der Waals surface area contributed by atoms with Gasteiger partial charge >= 0.3 is 0 Å². The smallest absolute Gasteiger partial charge is 0.254 e. The Labute approximate surface area is 105 Å². The molecule has 0 unspecified atom stereocenters. The number of nitrogens with zero attached hydrogens (tertiary/aromatic N) is 2. The maximum absolute atomic E-state index is 13.6. The first kappa shape index (κ1) is 11.7. The van der Waals surface area contributed by atoms with Crippen LogP contribution >= 0.6 is 15.9 Å². The molecule has 0 aliphatic heterocycles. The fourth-order valence-corrected chi connectivity index (χ4v) is 1.62. The number of aromatic amines is 1. The van der Waals surface area contributed by atoms with Crippen LogP contribution in [0.25, 0.3) is 0 Å². The highest BCUT2D eigenvalue weighted by molar-refractivity contribution is 9.10. The number of carbonyl (C=O) groups excluding carboxylic acids is 1. The minimum atomic E-state index is -0.581. The number of hydrogen-bond acceptors (Lipinski definition) is 3. The third-order valence-corrected chi connectivity index (χ3v) is 2.69. The molecule has 0 bridgehead atoms. The summed E-state index contributed by atoms with van der Waals surface area (Å²) in [6, 6.07) is 4.54. The molecule has 0 fully saturated rings. The highest BCUT2D eigenvalue weighted by Gasteiger charge is 2.13. The summed E-state index contributed by atoms with van der Waals surface area (Å²) in [4.78, 5) is 15.5. The zero-order valence-corrected chi connectivity index (χ0v) is 10.2. The van der Waals surface area contributed by atoms with Crippen LogP contribution < -0.4 is 5.32 Å². The molecule has 2 N–H and O–H groups in total. The molecule has 2 rings (SSSR count). The second-order valence-electron chi connectivity index (χ2n) is 3.22. The van der Waals surface area contributed by atoms with Crippen molar-refractivity contribution >= 4 is 21.8 Å². The third-order valence-electron chi connectivity index (χ3n) is 2.08. The number of hydrogen-bond donors (Lipinski definition) is 2. The lowest BCUT2D eigenvalue weighted by Gasteiger charge is -2.05. The van der Waals surface area contributed by atoms with Gasteiger partial charge in [-0.05, 0) is 28.1 Å². The summed E-state index contributed by atoms with van der Waals surface area (Å²) in [6.45, 7) is 0.171. The van der Waals surface area contributed by atoms with Crippen LogP contribution in [0.1, 0.15) is 16.2 Å². The van der Waals surface area contributed by atoms with E-state index in [9.17, 15) is 9.18 Å². The van der Waals surface area contributed by atoms with Crippen LogP contribution in [0.15, 0.2) is 29.0 Å². The van der Waals surface area contributed by atoms with Crippen molar-refractivity contribution in [1.82, 2.24) is 20.5 Å². The van der Waals surface area contributed by atoms with E-state index in [0.29, 0.717) is 5.82 Å². The number of benzene rings is 1. The number of rotatable bonds is 3. The van der Waals surface area contributed by atoms with Crippen LogP contribution in [0, 0.1) is 5.82 Å². The average Bonchev–Trinajstić information content (AvgIpc) is 2.82. The van der Waals surface area contributed by atoms with Crippen LogP contribution in [0.2, 0.25) is 0 Å². The highest BCUT2D eigenvalue weighted by atomic mass is 79.9. The van der Waals surface area contributed by atoms with E-state index in [4.69, 9.17) is 0 Å². The Hall–Kier alpha value is -1.76. The van der Waals surface area contributed by atoms with Gasteiger partial charge in [0.25, 0.3) is 5.91 Å². The van der Waals surface area contributed by atoms with Crippen molar-refractivity contribution in [2.75, 3.05) is 0 Å². The van der Waals surface area contributed by atoms with Gasteiger partial charge in [0.05, 0.1) is 16.6 Å². The minimum absolute atomic E-state index is 0.0149. The van der Waals surface area contributed by atoms with E-state index < -0.39 is 11.7 Å². The molecule has 0 spiro atoms. The lowest BCUT2D eigenvalue weighted by molar-refractivity contribution is 0.0945. The number of nitrogens with one attached hydrogen (secondary N) is 2. The SMILES string of the molecule is O=C(NCc1ncn[nH]1)c1cccc(Br)c1F.